The van der Waals surface area contributed by atoms with E-state index >= 15 is 0 Å². The van der Waals surface area contributed by atoms with E-state index < -0.39 is 18.3 Å². The van der Waals surface area contributed by atoms with E-state index in [0.717, 1.165) is 6.54 Å². The van der Waals surface area contributed by atoms with Crippen molar-refractivity contribution in [2.24, 2.45) is 5.92 Å². The van der Waals surface area contributed by atoms with E-state index in [1.165, 1.54) is 24.1 Å². The summed E-state index contributed by atoms with van der Waals surface area (Å²) in [5.74, 6) is 1.68. The molecule has 2 fully saturated rings. The maximum Gasteiger partial charge on any atom is 0.418 e. The molecule has 0 spiro atoms. The number of nitrogens with zero attached hydrogens (tertiary/aromatic N) is 3. The van der Waals surface area contributed by atoms with Gasteiger partial charge in [-0.3, -0.25) is 0 Å². The molecule has 2 N–H and O–H groups in total. The summed E-state index contributed by atoms with van der Waals surface area (Å²) >= 11 is 0. The van der Waals surface area contributed by atoms with Gasteiger partial charge >= 0.3 is 6.18 Å². The highest BCUT2D eigenvalue weighted by atomic mass is 19.4. The Morgan fingerprint density at radius 2 is 2.14 bits per heavy atom. The third kappa shape index (κ3) is 3.04. The summed E-state index contributed by atoms with van der Waals surface area (Å²) in [5, 5.41) is 12.8. The molecule has 8 heteroatoms. The molecule has 0 radical (unpaired) electrons. The monoisotopic (exact) mass is 302 g/mol. The molecule has 2 aliphatic rings. The van der Waals surface area contributed by atoms with Crippen molar-refractivity contribution in [1.29, 1.82) is 0 Å². The highest BCUT2D eigenvalue weighted by molar-refractivity contribution is 5.49. The molecule has 1 aliphatic carbocycles. The molecular weight excluding hydrogens is 285 g/mol. The maximum atomic E-state index is 12.8. The summed E-state index contributed by atoms with van der Waals surface area (Å²) in [4.78, 5) is 9.51. The fraction of sp³-hybridized carbons (Fsp3) is 0.692. The molecule has 1 aliphatic heterocycles. The minimum atomic E-state index is -4.62. The number of aromatic nitrogens is 2. The SMILES string of the molecule is OC1(C(F)(F)F)CCN(c2cc(NCC3CC3)ncn2)C1. The van der Waals surface area contributed by atoms with Crippen molar-refractivity contribution in [2.75, 3.05) is 29.9 Å². The van der Waals surface area contributed by atoms with Crippen molar-refractivity contribution in [3.8, 4) is 0 Å². The Morgan fingerprint density at radius 3 is 2.76 bits per heavy atom. The van der Waals surface area contributed by atoms with Gasteiger partial charge in [0.2, 0.25) is 0 Å². The van der Waals surface area contributed by atoms with Crippen LogP contribution in [-0.2, 0) is 0 Å². The van der Waals surface area contributed by atoms with Crippen molar-refractivity contribution in [3.63, 3.8) is 0 Å². The summed E-state index contributed by atoms with van der Waals surface area (Å²) in [6, 6.07) is 1.63. The fourth-order valence-corrected chi connectivity index (χ4v) is 2.41. The number of nitrogens with one attached hydrogen (secondary N) is 1. The van der Waals surface area contributed by atoms with Crippen LogP contribution in [-0.4, -0.2) is 46.5 Å². The van der Waals surface area contributed by atoms with Crippen LogP contribution in [0.3, 0.4) is 0 Å². The van der Waals surface area contributed by atoms with Gasteiger partial charge in [0.1, 0.15) is 18.0 Å². The Balaban J connectivity index is 1.68. The second-order valence-corrected chi connectivity index (χ2v) is 5.79. The van der Waals surface area contributed by atoms with E-state index in [0.29, 0.717) is 17.6 Å². The van der Waals surface area contributed by atoms with Crippen molar-refractivity contribution in [1.82, 2.24) is 9.97 Å². The topological polar surface area (TPSA) is 61.3 Å². The van der Waals surface area contributed by atoms with Crippen molar-refractivity contribution in [3.05, 3.63) is 12.4 Å². The molecule has 116 valence electrons. The number of aliphatic hydroxyl groups is 1. The van der Waals surface area contributed by atoms with E-state index in [1.807, 2.05) is 0 Å². The molecule has 1 atom stereocenters. The zero-order valence-corrected chi connectivity index (χ0v) is 11.4. The third-order valence-corrected chi connectivity index (χ3v) is 4.02. The number of hydrogen-bond donors (Lipinski definition) is 2. The number of β-amino-alcohol motifs (C(OH)–C–C–N with tert-alkyl or cyclic N) is 1. The Morgan fingerprint density at radius 1 is 1.38 bits per heavy atom. The summed E-state index contributed by atoms with van der Waals surface area (Å²) < 4.78 is 38.4. The van der Waals surface area contributed by atoms with E-state index in [9.17, 15) is 18.3 Å². The summed E-state index contributed by atoms with van der Waals surface area (Å²) in [6.45, 7) is 0.452. The highest BCUT2D eigenvalue weighted by Crippen LogP contribution is 2.39. The number of rotatable bonds is 4. The van der Waals surface area contributed by atoms with Gasteiger partial charge in [0.25, 0.3) is 0 Å². The Hall–Kier alpha value is -1.57. The van der Waals surface area contributed by atoms with Gasteiger partial charge in [-0.05, 0) is 18.8 Å². The molecule has 1 aromatic rings. The first-order chi connectivity index (χ1) is 9.87. The lowest BCUT2D eigenvalue weighted by molar-refractivity contribution is -0.250. The molecule has 5 nitrogen and oxygen atoms in total. The van der Waals surface area contributed by atoms with Crippen LogP contribution in [0.25, 0.3) is 0 Å². The number of alkyl halides is 3. The van der Waals surface area contributed by atoms with E-state index in [2.05, 4.69) is 15.3 Å². The van der Waals surface area contributed by atoms with Crippen molar-refractivity contribution in [2.45, 2.75) is 31.0 Å². The molecule has 3 rings (SSSR count). The van der Waals surface area contributed by atoms with Gasteiger partial charge in [0.05, 0.1) is 6.54 Å². The largest absolute Gasteiger partial charge is 0.418 e. The molecule has 1 unspecified atom stereocenters. The Bertz CT molecular complexity index is 520. The lowest BCUT2D eigenvalue weighted by atomic mass is 10.0. The lowest BCUT2D eigenvalue weighted by Crippen LogP contribution is -2.47. The van der Waals surface area contributed by atoms with Crippen LogP contribution < -0.4 is 10.2 Å². The summed E-state index contributed by atoms with van der Waals surface area (Å²) in [6.07, 6.45) is -1.23. The molecule has 0 bridgehead atoms. The number of anilines is 2. The van der Waals surface area contributed by atoms with Crippen LogP contribution in [0.5, 0.6) is 0 Å². The van der Waals surface area contributed by atoms with Crippen LogP contribution in [0.1, 0.15) is 19.3 Å². The molecular formula is C13H17F3N4O. The van der Waals surface area contributed by atoms with E-state index in [-0.39, 0.29) is 13.0 Å². The average molecular weight is 302 g/mol. The van der Waals surface area contributed by atoms with Crippen LogP contribution in [0.15, 0.2) is 12.4 Å². The third-order valence-electron chi connectivity index (χ3n) is 4.02. The zero-order valence-electron chi connectivity index (χ0n) is 11.4. The molecule has 2 heterocycles. The van der Waals surface area contributed by atoms with E-state index in [1.54, 1.807) is 6.07 Å². The Labute approximate surface area is 120 Å². The number of halogens is 3. The van der Waals surface area contributed by atoms with Crippen LogP contribution in [0.4, 0.5) is 24.8 Å². The van der Waals surface area contributed by atoms with Gasteiger partial charge in [-0.15, -0.1) is 0 Å². The van der Waals surface area contributed by atoms with Gasteiger partial charge in [-0.2, -0.15) is 13.2 Å². The molecule has 1 saturated carbocycles. The minimum Gasteiger partial charge on any atom is -0.379 e. The first-order valence-corrected chi connectivity index (χ1v) is 6.97. The van der Waals surface area contributed by atoms with Crippen LogP contribution in [0.2, 0.25) is 0 Å². The van der Waals surface area contributed by atoms with Gasteiger partial charge in [0, 0.05) is 25.6 Å². The maximum absolute atomic E-state index is 12.8. The van der Waals surface area contributed by atoms with Crippen molar-refractivity contribution >= 4 is 11.6 Å². The Kier molecular flexibility index (Phi) is 3.43. The lowest BCUT2D eigenvalue weighted by Gasteiger charge is -2.26. The van der Waals surface area contributed by atoms with Gasteiger partial charge in [0.15, 0.2) is 5.60 Å². The smallest absolute Gasteiger partial charge is 0.379 e. The second-order valence-electron chi connectivity index (χ2n) is 5.79. The van der Waals surface area contributed by atoms with Crippen molar-refractivity contribution < 1.29 is 18.3 Å². The zero-order chi connectivity index (χ0) is 15.1. The normalized spacial score (nSPS) is 26.2. The second kappa shape index (κ2) is 5.01. The first-order valence-electron chi connectivity index (χ1n) is 6.97. The quantitative estimate of drug-likeness (QED) is 0.888. The fourth-order valence-electron chi connectivity index (χ4n) is 2.41. The number of hydrogen-bond acceptors (Lipinski definition) is 5. The molecule has 1 saturated heterocycles. The molecule has 1 aromatic heterocycles. The molecule has 0 aromatic carbocycles. The van der Waals surface area contributed by atoms with Gasteiger partial charge < -0.3 is 15.3 Å². The molecule has 0 amide bonds. The standard InChI is InChI=1S/C13H17F3N4O/c14-13(15,16)12(21)3-4-20(7-12)11-5-10(18-8-19-11)17-6-9-1-2-9/h5,8-9,21H,1-4,6-7H2,(H,17,18,19). The van der Waals surface area contributed by atoms with Gasteiger partial charge in [-0.25, -0.2) is 9.97 Å². The summed E-state index contributed by atoms with van der Waals surface area (Å²) in [5.41, 5.74) is -2.65. The van der Waals surface area contributed by atoms with Gasteiger partial charge in [-0.1, -0.05) is 0 Å². The summed E-state index contributed by atoms with van der Waals surface area (Å²) in [7, 11) is 0. The predicted molar refractivity (Wildman–Crippen MR) is 71.1 cm³/mol. The highest BCUT2D eigenvalue weighted by Gasteiger charge is 2.57. The van der Waals surface area contributed by atoms with Crippen LogP contribution >= 0.6 is 0 Å². The predicted octanol–water partition coefficient (Wildman–Crippen LogP) is 1.80. The first kappa shape index (κ1) is 14.4. The molecule has 21 heavy (non-hydrogen) atoms. The van der Waals surface area contributed by atoms with Crippen LogP contribution in [0, 0.1) is 5.92 Å². The average Bonchev–Trinajstić information content (AvgIpc) is 3.17. The van der Waals surface area contributed by atoms with E-state index in [4.69, 9.17) is 0 Å². The minimum absolute atomic E-state index is 0.120.